The molecule has 1 N–H and O–H groups in total. The molecule has 0 radical (unpaired) electrons. The first kappa shape index (κ1) is 20.5. The first-order chi connectivity index (χ1) is 15.9. The Bertz CT molecular complexity index is 1510. The molecule has 0 spiro atoms. The molecule has 2 aliphatic rings. The van der Waals surface area contributed by atoms with Gasteiger partial charge in [0.2, 0.25) is 0 Å². The minimum absolute atomic E-state index is 0. The predicted molar refractivity (Wildman–Crippen MR) is 135 cm³/mol. The summed E-state index contributed by atoms with van der Waals surface area (Å²) in [5, 5.41) is 0.826. The number of pyridine rings is 1. The average molecular weight is 477 g/mol. The Morgan fingerprint density at radius 3 is 2.85 bits per heavy atom. The average Bonchev–Trinajstić information content (AvgIpc) is 3.42. The zero-order chi connectivity index (χ0) is 22.8. The lowest BCUT2D eigenvalue weighted by atomic mass is 9.91. The number of nitrogens with zero attached hydrogens (tertiary/aromatic N) is 3. The zero-order valence-electron chi connectivity index (χ0n) is 18.2. The Kier molecular flexibility index (Phi) is 4.49. The van der Waals surface area contributed by atoms with Gasteiger partial charge in [-0.3, -0.25) is 14.6 Å². The highest BCUT2D eigenvalue weighted by Crippen LogP contribution is 2.60. The molecule has 33 heavy (non-hydrogen) atoms. The van der Waals surface area contributed by atoms with Gasteiger partial charge in [0.15, 0.2) is 0 Å². The zero-order valence-corrected chi connectivity index (χ0v) is 19.8. The van der Waals surface area contributed by atoms with Gasteiger partial charge in [0.25, 0.3) is 10.0 Å². The molecule has 2 aliphatic carbocycles. The molecule has 6 rings (SSSR count). The summed E-state index contributed by atoms with van der Waals surface area (Å²) in [7, 11) is 0.340. The number of rotatable bonds is 5. The lowest BCUT2D eigenvalue weighted by Crippen LogP contribution is -2.32. The van der Waals surface area contributed by atoms with Crippen LogP contribution in [0.15, 0.2) is 71.9 Å². The van der Waals surface area contributed by atoms with Crippen LogP contribution in [-0.2, 0) is 15.6 Å². The molecule has 1 saturated carbocycles. The van der Waals surface area contributed by atoms with E-state index in [2.05, 4.69) is 45.8 Å². The maximum atomic E-state index is 13.5. The topological polar surface area (TPSA) is 75.2 Å². The van der Waals surface area contributed by atoms with Crippen molar-refractivity contribution < 1.29 is 9.84 Å². The van der Waals surface area contributed by atoms with Crippen LogP contribution in [-0.4, -0.2) is 37.4 Å². The van der Waals surface area contributed by atoms with Crippen molar-refractivity contribution in [1.82, 2.24) is 14.9 Å². The SMILES string of the molecule is CN(C)C12CC1C=Cc1c2cccc1S(=O)(=O)Nc1cccc(-c2nc3ccncc3s2)c1.[HH]. The van der Waals surface area contributed by atoms with E-state index in [4.69, 9.17) is 0 Å². The molecule has 1 fully saturated rings. The second-order valence-corrected chi connectivity index (χ2v) is 11.4. The van der Waals surface area contributed by atoms with E-state index >= 15 is 0 Å². The number of fused-ring (bicyclic) bond motifs is 4. The molecule has 2 atom stereocenters. The fourth-order valence-electron chi connectivity index (χ4n) is 4.94. The fourth-order valence-corrected chi connectivity index (χ4v) is 7.14. The Morgan fingerprint density at radius 2 is 2.03 bits per heavy atom. The van der Waals surface area contributed by atoms with Crippen molar-refractivity contribution in [3.63, 3.8) is 0 Å². The smallest absolute Gasteiger partial charge is 0.262 e. The number of sulfonamides is 1. The molecule has 4 aromatic rings. The minimum Gasteiger partial charge on any atom is -0.299 e. The number of nitrogens with one attached hydrogen (secondary N) is 1. The highest BCUT2D eigenvalue weighted by molar-refractivity contribution is 7.92. The molecule has 2 heterocycles. The van der Waals surface area contributed by atoms with E-state index in [9.17, 15) is 8.42 Å². The highest BCUT2D eigenvalue weighted by atomic mass is 32.2. The van der Waals surface area contributed by atoms with Gasteiger partial charge in [-0.2, -0.15) is 0 Å². The number of thiazole rings is 1. The van der Waals surface area contributed by atoms with E-state index < -0.39 is 10.0 Å². The van der Waals surface area contributed by atoms with Crippen molar-refractivity contribution >= 4 is 43.3 Å². The van der Waals surface area contributed by atoms with Gasteiger partial charge in [-0.25, -0.2) is 13.4 Å². The second kappa shape index (κ2) is 7.21. The van der Waals surface area contributed by atoms with Crippen LogP contribution < -0.4 is 4.72 Å². The summed E-state index contributed by atoms with van der Waals surface area (Å²) in [6.45, 7) is 0. The molecule has 168 valence electrons. The van der Waals surface area contributed by atoms with E-state index in [1.54, 1.807) is 24.5 Å². The molecule has 6 nitrogen and oxygen atoms in total. The maximum absolute atomic E-state index is 13.5. The van der Waals surface area contributed by atoms with Crippen LogP contribution in [0.25, 0.3) is 26.9 Å². The summed E-state index contributed by atoms with van der Waals surface area (Å²) in [4.78, 5) is 11.3. The van der Waals surface area contributed by atoms with Gasteiger partial charge in [-0.15, -0.1) is 11.3 Å². The number of anilines is 1. The molecular formula is C25H24N4O2S2. The van der Waals surface area contributed by atoms with Crippen molar-refractivity contribution in [3.8, 4) is 10.6 Å². The molecule has 0 amide bonds. The van der Waals surface area contributed by atoms with Crippen LogP contribution in [0.4, 0.5) is 5.69 Å². The first-order valence-electron chi connectivity index (χ1n) is 10.7. The summed E-state index contributed by atoms with van der Waals surface area (Å²) in [5.74, 6) is 0.437. The molecule has 2 aromatic heterocycles. The van der Waals surface area contributed by atoms with Crippen LogP contribution in [0.1, 0.15) is 19.0 Å². The second-order valence-electron chi connectivity index (χ2n) is 8.75. The number of aromatic nitrogens is 2. The Balaban J connectivity index is 0.00000241. The van der Waals surface area contributed by atoms with E-state index in [0.717, 1.165) is 38.3 Å². The van der Waals surface area contributed by atoms with Crippen LogP contribution in [0.3, 0.4) is 0 Å². The van der Waals surface area contributed by atoms with Gasteiger partial charge in [0, 0.05) is 31.0 Å². The summed E-state index contributed by atoms with van der Waals surface area (Å²) >= 11 is 1.53. The number of hydrogen-bond donors (Lipinski definition) is 1. The first-order valence-corrected chi connectivity index (χ1v) is 13.0. The monoisotopic (exact) mass is 476 g/mol. The van der Waals surface area contributed by atoms with E-state index in [1.807, 2.05) is 36.4 Å². The number of benzene rings is 2. The Hall–Kier alpha value is -3.07. The van der Waals surface area contributed by atoms with Gasteiger partial charge >= 0.3 is 0 Å². The molecule has 0 aliphatic heterocycles. The third-order valence-electron chi connectivity index (χ3n) is 6.65. The molecule has 2 unspecified atom stereocenters. The van der Waals surface area contributed by atoms with E-state index in [1.165, 1.54) is 11.3 Å². The Labute approximate surface area is 198 Å². The van der Waals surface area contributed by atoms with E-state index in [0.29, 0.717) is 16.5 Å². The lowest BCUT2D eigenvalue weighted by Gasteiger charge is -2.30. The van der Waals surface area contributed by atoms with Crippen molar-refractivity contribution in [2.75, 3.05) is 18.8 Å². The van der Waals surface area contributed by atoms with Gasteiger partial charge in [0.1, 0.15) is 5.01 Å². The molecule has 0 bridgehead atoms. The summed E-state index contributed by atoms with van der Waals surface area (Å²) < 4.78 is 30.7. The van der Waals surface area contributed by atoms with Gasteiger partial charge < -0.3 is 0 Å². The van der Waals surface area contributed by atoms with Crippen LogP contribution in [0, 0.1) is 5.92 Å². The molecular weight excluding hydrogens is 452 g/mol. The van der Waals surface area contributed by atoms with Crippen LogP contribution in [0.2, 0.25) is 0 Å². The van der Waals surface area contributed by atoms with Gasteiger partial charge in [0.05, 0.1) is 20.7 Å². The number of hydrogen-bond acceptors (Lipinski definition) is 6. The van der Waals surface area contributed by atoms with Crippen molar-refractivity contribution in [1.29, 1.82) is 0 Å². The fraction of sp³-hybridized carbons (Fsp3) is 0.200. The summed E-state index contributed by atoms with van der Waals surface area (Å²) in [6, 6.07) is 14.8. The maximum Gasteiger partial charge on any atom is 0.262 e. The van der Waals surface area contributed by atoms with Crippen molar-refractivity contribution in [2.24, 2.45) is 5.92 Å². The van der Waals surface area contributed by atoms with Gasteiger partial charge in [-0.1, -0.05) is 36.4 Å². The third-order valence-corrected chi connectivity index (χ3v) is 9.15. The molecule has 8 heteroatoms. The largest absolute Gasteiger partial charge is 0.299 e. The van der Waals surface area contributed by atoms with Crippen LogP contribution >= 0.6 is 11.3 Å². The van der Waals surface area contributed by atoms with Crippen LogP contribution in [0.5, 0.6) is 0 Å². The predicted octanol–water partition coefficient (Wildman–Crippen LogP) is 5.21. The molecule has 0 saturated heterocycles. The Morgan fingerprint density at radius 1 is 1.18 bits per heavy atom. The normalized spacial score (nSPS) is 21.1. The summed E-state index contributed by atoms with van der Waals surface area (Å²) in [5.41, 5.74) is 4.01. The quantitative estimate of drug-likeness (QED) is 0.428. The van der Waals surface area contributed by atoms with E-state index in [-0.39, 0.29) is 6.97 Å². The molecule has 2 aromatic carbocycles. The lowest BCUT2D eigenvalue weighted by molar-refractivity contribution is 0.260. The van der Waals surface area contributed by atoms with Gasteiger partial charge in [-0.05, 0) is 55.9 Å². The standard InChI is InChI=1S/C25H22N4O2S2.H2/c1-29(2)25-14-17(25)9-10-19-20(25)7-4-8-23(19)33(30,31)28-18-6-3-5-16(13-18)24-27-21-11-12-26-15-22(21)32-24;/h3-13,15,17,28H,14H2,1-2H3;1H. The summed E-state index contributed by atoms with van der Waals surface area (Å²) in [6.07, 6.45) is 8.63. The van der Waals surface area contributed by atoms with Crippen molar-refractivity contribution in [3.05, 3.63) is 78.1 Å². The minimum atomic E-state index is -3.78. The third kappa shape index (κ3) is 3.20. The highest BCUT2D eigenvalue weighted by Gasteiger charge is 2.58. The van der Waals surface area contributed by atoms with Crippen molar-refractivity contribution in [2.45, 2.75) is 16.9 Å².